The third-order valence-corrected chi connectivity index (χ3v) is 17.2. The van der Waals surface area contributed by atoms with Gasteiger partial charge >= 0.3 is 5.97 Å². The Morgan fingerprint density at radius 1 is 0.312 bits per heavy atom. The van der Waals surface area contributed by atoms with Crippen molar-refractivity contribution in [2.75, 3.05) is 13.2 Å². The average molecular weight is 1090 g/mol. The van der Waals surface area contributed by atoms with E-state index in [0.717, 1.165) is 38.5 Å². The van der Waals surface area contributed by atoms with E-state index >= 15 is 0 Å². The number of nitrogens with one attached hydrogen (secondary N) is 1. The molecule has 0 aliphatic carbocycles. The monoisotopic (exact) mass is 1090 g/mol. The molecule has 0 aromatic rings. The minimum Gasteiger partial charge on any atom is -0.466 e. The maximum atomic E-state index is 12.5. The summed E-state index contributed by atoms with van der Waals surface area (Å²) in [5, 5.41) is 23.4. The van der Waals surface area contributed by atoms with E-state index in [1.807, 2.05) is 0 Å². The largest absolute Gasteiger partial charge is 0.466 e. The Morgan fingerprint density at radius 3 is 0.792 bits per heavy atom. The first-order valence-corrected chi connectivity index (χ1v) is 35.8. The van der Waals surface area contributed by atoms with Gasteiger partial charge in [0, 0.05) is 12.8 Å². The van der Waals surface area contributed by atoms with Gasteiger partial charge in [-0.05, 0) is 25.7 Å². The van der Waals surface area contributed by atoms with Crippen molar-refractivity contribution in [3.63, 3.8) is 0 Å². The molecule has 1 amide bonds. The van der Waals surface area contributed by atoms with Crippen LogP contribution in [-0.2, 0) is 14.3 Å². The van der Waals surface area contributed by atoms with Crippen molar-refractivity contribution in [2.24, 2.45) is 0 Å². The molecule has 2 atom stereocenters. The molecular formula is C71H141NO5. The summed E-state index contributed by atoms with van der Waals surface area (Å²) in [5.74, 6) is -0.00939. The summed E-state index contributed by atoms with van der Waals surface area (Å²) in [5.41, 5.74) is 0. The number of ether oxygens (including phenoxy) is 1. The van der Waals surface area contributed by atoms with E-state index < -0.39 is 12.1 Å². The molecule has 0 aromatic carbocycles. The molecular weight excluding hydrogens is 947 g/mol. The van der Waals surface area contributed by atoms with E-state index in [-0.39, 0.29) is 18.5 Å². The van der Waals surface area contributed by atoms with Gasteiger partial charge in [0.1, 0.15) is 0 Å². The summed E-state index contributed by atoms with van der Waals surface area (Å²) < 4.78 is 5.50. The van der Waals surface area contributed by atoms with Crippen molar-refractivity contribution < 1.29 is 24.5 Å². The minimum atomic E-state index is -0.664. The summed E-state index contributed by atoms with van der Waals surface area (Å²) in [6, 6.07) is -0.541. The quantitative estimate of drug-likeness (QED) is 0.0417. The summed E-state index contributed by atoms with van der Waals surface area (Å²) >= 11 is 0. The summed E-state index contributed by atoms with van der Waals surface area (Å²) in [6.07, 6.45) is 81.5. The number of aliphatic hydroxyl groups excluding tert-OH is 2. The number of esters is 1. The fraction of sp³-hybridized carbons (Fsp3) is 0.972. The first-order chi connectivity index (χ1) is 38.0. The predicted octanol–water partition coefficient (Wildman–Crippen LogP) is 23.0. The van der Waals surface area contributed by atoms with Crippen LogP contribution in [0.1, 0.15) is 418 Å². The van der Waals surface area contributed by atoms with Gasteiger partial charge in [0.2, 0.25) is 5.91 Å². The topological polar surface area (TPSA) is 95.9 Å². The molecule has 0 aliphatic rings. The third kappa shape index (κ3) is 63.9. The van der Waals surface area contributed by atoms with Gasteiger partial charge in [0.25, 0.3) is 0 Å². The smallest absolute Gasteiger partial charge is 0.305 e. The first-order valence-electron chi connectivity index (χ1n) is 35.8. The zero-order valence-corrected chi connectivity index (χ0v) is 52.7. The van der Waals surface area contributed by atoms with Crippen molar-refractivity contribution >= 4 is 11.9 Å². The van der Waals surface area contributed by atoms with E-state index in [0.29, 0.717) is 25.9 Å². The van der Waals surface area contributed by atoms with E-state index in [1.54, 1.807) is 0 Å². The molecule has 0 radical (unpaired) electrons. The van der Waals surface area contributed by atoms with Crippen molar-refractivity contribution in [2.45, 2.75) is 431 Å². The highest BCUT2D eigenvalue weighted by atomic mass is 16.5. The van der Waals surface area contributed by atoms with Crippen molar-refractivity contribution in [3.8, 4) is 0 Å². The van der Waals surface area contributed by atoms with Gasteiger partial charge in [0.05, 0.1) is 25.4 Å². The summed E-state index contributed by atoms with van der Waals surface area (Å²) in [7, 11) is 0. The second kappa shape index (κ2) is 67.4. The molecule has 0 spiro atoms. The molecule has 0 aliphatic heterocycles. The van der Waals surface area contributed by atoms with Crippen LogP contribution in [0.15, 0.2) is 0 Å². The van der Waals surface area contributed by atoms with Gasteiger partial charge in [-0.15, -0.1) is 0 Å². The predicted molar refractivity (Wildman–Crippen MR) is 338 cm³/mol. The standard InChI is InChI=1S/C71H141NO5/c1-3-5-7-9-11-13-15-17-19-21-22-26-29-32-35-39-43-47-51-55-59-63-69(74)68(67-73)72-70(75)64-60-56-52-48-44-40-36-33-30-27-24-23-25-28-31-34-38-42-46-50-54-58-62-66-77-71(76)65-61-57-53-49-45-41-37-20-18-16-14-12-10-8-6-4-2/h68-69,73-74H,3-67H2,1-2H3,(H,72,75). The Balaban J connectivity index is 3.35. The SMILES string of the molecule is CCCCCCCCCCCCCCCCCCCCCCCC(O)C(CO)NC(=O)CCCCCCCCCCCCCCCCCCCCCCCCCOC(=O)CCCCCCCCCCCCCCCCCC. The minimum absolute atomic E-state index is 0.0195. The van der Waals surface area contributed by atoms with Crippen LogP contribution in [0.4, 0.5) is 0 Å². The highest BCUT2D eigenvalue weighted by Crippen LogP contribution is 2.20. The lowest BCUT2D eigenvalue weighted by molar-refractivity contribution is -0.143. The van der Waals surface area contributed by atoms with Crippen molar-refractivity contribution in [1.29, 1.82) is 0 Å². The number of amides is 1. The molecule has 0 rings (SSSR count). The Bertz CT molecular complexity index is 1120. The third-order valence-electron chi connectivity index (χ3n) is 17.2. The van der Waals surface area contributed by atoms with Crippen LogP contribution in [0.25, 0.3) is 0 Å². The Hall–Kier alpha value is -1.14. The van der Waals surface area contributed by atoms with Crippen molar-refractivity contribution in [3.05, 3.63) is 0 Å². The summed E-state index contributed by atoms with van der Waals surface area (Å²) in [6.45, 7) is 5.01. The number of aliphatic hydroxyl groups is 2. The van der Waals surface area contributed by atoms with Crippen molar-refractivity contribution in [1.82, 2.24) is 5.32 Å². The first kappa shape index (κ1) is 75.9. The Kier molecular flexibility index (Phi) is 66.4. The average Bonchev–Trinajstić information content (AvgIpc) is 3.43. The van der Waals surface area contributed by atoms with Crippen LogP contribution < -0.4 is 5.32 Å². The van der Waals surface area contributed by atoms with Crippen LogP contribution in [0, 0.1) is 0 Å². The lowest BCUT2D eigenvalue weighted by atomic mass is 10.0. The number of hydrogen-bond acceptors (Lipinski definition) is 5. The molecule has 460 valence electrons. The van der Waals surface area contributed by atoms with Gasteiger partial charge in [-0.2, -0.15) is 0 Å². The maximum absolute atomic E-state index is 12.5. The lowest BCUT2D eigenvalue weighted by Crippen LogP contribution is -2.45. The number of hydrogen-bond donors (Lipinski definition) is 3. The number of carbonyl (C=O) groups excluding carboxylic acids is 2. The molecule has 0 fully saturated rings. The maximum Gasteiger partial charge on any atom is 0.305 e. The van der Waals surface area contributed by atoms with Crippen LogP contribution in [0.5, 0.6) is 0 Å². The van der Waals surface area contributed by atoms with Gasteiger partial charge in [0.15, 0.2) is 0 Å². The molecule has 6 nitrogen and oxygen atoms in total. The second-order valence-corrected chi connectivity index (χ2v) is 24.9. The van der Waals surface area contributed by atoms with Crippen LogP contribution >= 0.6 is 0 Å². The molecule has 6 heteroatoms. The van der Waals surface area contributed by atoms with Gasteiger partial charge in [-0.1, -0.05) is 380 Å². The van der Waals surface area contributed by atoms with Gasteiger partial charge < -0.3 is 20.3 Å². The normalized spacial score (nSPS) is 12.4. The fourth-order valence-electron chi connectivity index (χ4n) is 11.7. The van der Waals surface area contributed by atoms with E-state index in [1.165, 1.54) is 347 Å². The zero-order valence-electron chi connectivity index (χ0n) is 52.7. The highest BCUT2D eigenvalue weighted by Gasteiger charge is 2.20. The molecule has 3 N–H and O–H groups in total. The molecule has 0 aromatic heterocycles. The molecule has 0 heterocycles. The number of unbranched alkanes of at least 4 members (excludes halogenated alkanes) is 57. The second-order valence-electron chi connectivity index (χ2n) is 24.9. The summed E-state index contributed by atoms with van der Waals surface area (Å²) in [4.78, 5) is 24.6. The van der Waals surface area contributed by atoms with Gasteiger partial charge in [-0.25, -0.2) is 0 Å². The molecule has 0 saturated heterocycles. The molecule has 2 unspecified atom stereocenters. The number of rotatable bonds is 68. The Morgan fingerprint density at radius 2 is 0.532 bits per heavy atom. The molecule has 0 bridgehead atoms. The van der Waals surface area contributed by atoms with Crippen LogP contribution in [-0.4, -0.2) is 47.4 Å². The highest BCUT2D eigenvalue weighted by molar-refractivity contribution is 5.76. The lowest BCUT2D eigenvalue weighted by Gasteiger charge is -2.22. The number of carbonyl (C=O) groups is 2. The van der Waals surface area contributed by atoms with Crippen LogP contribution in [0.3, 0.4) is 0 Å². The molecule has 77 heavy (non-hydrogen) atoms. The van der Waals surface area contributed by atoms with E-state index in [4.69, 9.17) is 4.74 Å². The fourth-order valence-corrected chi connectivity index (χ4v) is 11.7. The van der Waals surface area contributed by atoms with Crippen LogP contribution in [0.2, 0.25) is 0 Å². The molecule has 0 saturated carbocycles. The van der Waals surface area contributed by atoms with Gasteiger partial charge in [-0.3, -0.25) is 9.59 Å². The van der Waals surface area contributed by atoms with E-state index in [2.05, 4.69) is 19.2 Å². The zero-order chi connectivity index (χ0) is 55.7. The van der Waals surface area contributed by atoms with E-state index in [9.17, 15) is 19.8 Å². The Labute approximate surface area is 483 Å².